The van der Waals surface area contributed by atoms with Gasteiger partial charge >= 0.3 is 0 Å². The number of nitrogens with two attached hydrogens (primary N) is 1. The number of rotatable bonds is 2. The van der Waals surface area contributed by atoms with Crippen LogP contribution in [0.3, 0.4) is 0 Å². The Bertz CT molecular complexity index is 438. The van der Waals surface area contributed by atoms with E-state index in [2.05, 4.69) is 11.9 Å². The molecule has 0 bridgehead atoms. The number of hydrogen-bond donors (Lipinski definition) is 1. The first-order chi connectivity index (χ1) is 8.61. The van der Waals surface area contributed by atoms with Crippen LogP contribution in [0.1, 0.15) is 23.7 Å². The molecule has 1 aromatic rings. The molecular formula is C13H18FN3O. The zero-order chi connectivity index (χ0) is 13.1. The van der Waals surface area contributed by atoms with Crippen LogP contribution in [0.5, 0.6) is 0 Å². The van der Waals surface area contributed by atoms with Gasteiger partial charge in [-0.1, -0.05) is 6.92 Å². The SMILES string of the molecule is CC1CCN(C(=O)c2cncc(F)c2)CC1CN. The Morgan fingerprint density at radius 3 is 3.06 bits per heavy atom. The largest absolute Gasteiger partial charge is 0.338 e. The van der Waals surface area contributed by atoms with Crippen molar-refractivity contribution in [2.75, 3.05) is 19.6 Å². The standard InChI is InChI=1S/C13H18FN3O/c1-9-2-3-17(8-11(9)5-15)13(18)10-4-12(14)7-16-6-10/h4,6-7,9,11H,2-3,5,8,15H2,1H3. The lowest BCUT2D eigenvalue weighted by Gasteiger charge is -2.36. The number of piperidine rings is 1. The second-order valence-electron chi connectivity index (χ2n) is 4.90. The first-order valence-electron chi connectivity index (χ1n) is 6.21. The predicted molar refractivity (Wildman–Crippen MR) is 66.4 cm³/mol. The summed E-state index contributed by atoms with van der Waals surface area (Å²) in [5.74, 6) is 0.211. The average Bonchev–Trinajstić information content (AvgIpc) is 2.38. The minimum atomic E-state index is -0.485. The Balaban J connectivity index is 2.10. The maximum atomic E-state index is 13.0. The predicted octanol–water partition coefficient (Wildman–Crippen LogP) is 1.28. The third-order valence-electron chi connectivity index (χ3n) is 3.66. The van der Waals surface area contributed by atoms with Gasteiger partial charge in [0, 0.05) is 19.3 Å². The summed E-state index contributed by atoms with van der Waals surface area (Å²) < 4.78 is 13.0. The molecule has 2 unspecified atom stereocenters. The van der Waals surface area contributed by atoms with Crippen LogP contribution in [0.25, 0.3) is 0 Å². The summed E-state index contributed by atoms with van der Waals surface area (Å²) in [6, 6.07) is 1.23. The number of likely N-dealkylation sites (tertiary alicyclic amines) is 1. The fourth-order valence-corrected chi connectivity index (χ4v) is 2.35. The van der Waals surface area contributed by atoms with Crippen LogP contribution in [-0.4, -0.2) is 35.4 Å². The van der Waals surface area contributed by atoms with Gasteiger partial charge in [-0.15, -0.1) is 0 Å². The molecule has 5 heteroatoms. The van der Waals surface area contributed by atoms with Crippen molar-refractivity contribution in [2.24, 2.45) is 17.6 Å². The molecule has 0 radical (unpaired) electrons. The summed E-state index contributed by atoms with van der Waals surface area (Å²) in [4.78, 5) is 17.6. The van der Waals surface area contributed by atoms with Crippen molar-refractivity contribution in [1.82, 2.24) is 9.88 Å². The summed E-state index contributed by atoms with van der Waals surface area (Å²) in [6.45, 7) is 4.08. The summed E-state index contributed by atoms with van der Waals surface area (Å²) >= 11 is 0. The fraction of sp³-hybridized carbons (Fsp3) is 0.538. The highest BCUT2D eigenvalue weighted by Gasteiger charge is 2.28. The molecule has 0 saturated carbocycles. The number of carbonyl (C=O) groups is 1. The number of hydrogen-bond acceptors (Lipinski definition) is 3. The van der Waals surface area contributed by atoms with Gasteiger partial charge in [-0.3, -0.25) is 9.78 Å². The van der Waals surface area contributed by atoms with Crippen LogP contribution in [0, 0.1) is 17.7 Å². The zero-order valence-electron chi connectivity index (χ0n) is 10.5. The summed E-state index contributed by atoms with van der Waals surface area (Å²) in [5.41, 5.74) is 6.01. The zero-order valence-corrected chi connectivity index (χ0v) is 10.5. The lowest BCUT2D eigenvalue weighted by molar-refractivity contribution is 0.0617. The highest BCUT2D eigenvalue weighted by atomic mass is 19.1. The monoisotopic (exact) mass is 251 g/mol. The van der Waals surface area contributed by atoms with E-state index in [0.717, 1.165) is 12.6 Å². The highest BCUT2D eigenvalue weighted by Crippen LogP contribution is 2.23. The molecule has 0 spiro atoms. The Labute approximate surface area is 106 Å². The molecule has 1 aliphatic heterocycles. The number of pyridine rings is 1. The third kappa shape index (κ3) is 2.67. The molecule has 18 heavy (non-hydrogen) atoms. The fourth-order valence-electron chi connectivity index (χ4n) is 2.35. The molecule has 2 atom stereocenters. The maximum absolute atomic E-state index is 13.0. The van der Waals surface area contributed by atoms with Crippen molar-refractivity contribution in [3.8, 4) is 0 Å². The molecule has 0 aromatic carbocycles. The number of nitrogens with zero attached hydrogens (tertiary/aromatic N) is 2. The van der Waals surface area contributed by atoms with Gasteiger partial charge in [0.05, 0.1) is 11.8 Å². The van der Waals surface area contributed by atoms with Crippen LogP contribution in [0.2, 0.25) is 0 Å². The smallest absolute Gasteiger partial charge is 0.255 e. The second-order valence-corrected chi connectivity index (χ2v) is 4.90. The molecule has 0 aliphatic carbocycles. The van der Waals surface area contributed by atoms with Gasteiger partial charge in [-0.25, -0.2) is 4.39 Å². The van der Waals surface area contributed by atoms with E-state index < -0.39 is 5.82 Å². The summed E-state index contributed by atoms with van der Waals surface area (Å²) in [6.07, 6.45) is 3.44. The molecule has 1 amide bonds. The van der Waals surface area contributed by atoms with Crippen LogP contribution >= 0.6 is 0 Å². The van der Waals surface area contributed by atoms with Crippen LogP contribution in [0.4, 0.5) is 4.39 Å². The Morgan fingerprint density at radius 1 is 1.61 bits per heavy atom. The molecule has 1 fully saturated rings. The van der Waals surface area contributed by atoms with Crippen LogP contribution < -0.4 is 5.73 Å². The van der Waals surface area contributed by atoms with Gasteiger partial charge in [-0.2, -0.15) is 0 Å². The van der Waals surface area contributed by atoms with E-state index in [4.69, 9.17) is 5.73 Å². The lowest BCUT2D eigenvalue weighted by atomic mass is 9.87. The lowest BCUT2D eigenvalue weighted by Crippen LogP contribution is -2.45. The summed E-state index contributed by atoms with van der Waals surface area (Å²) in [5, 5.41) is 0. The van der Waals surface area contributed by atoms with Gasteiger partial charge < -0.3 is 10.6 Å². The number of halogens is 1. The third-order valence-corrected chi connectivity index (χ3v) is 3.66. The number of carbonyl (C=O) groups excluding carboxylic acids is 1. The molecule has 1 aromatic heterocycles. The number of amides is 1. The molecular weight excluding hydrogens is 233 g/mol. The van der Waals surface area contributed by atoms with Crippen molar-refractivity contribution in [3.05, 3.63) is 29.8 Å². The topological polar surface area (TPSA) is 59.2 Å². The summed E-state index contributed by atoms with van der Waals surface area (Å²) in [7, 11) is 0. The highest BCUT2D eigenvalue weighted by molar-refractivity contribution is 5.94. The van der Waals surface area contributed by atoms with Crippen molar-refractivity contribution in [1.29, 1.82) is 0 Å². The molecule has 1 saturated heterocycles. The van der Waals surface area contributed by atoms with E-state index in [9.17, 15) is 9.18 Å². The normalized spacial score (nSPS) is 24.1. The molecule has 98 valence electrons. The van der Waals surface area contributed by atoms with Gasteiger partial charge in [0.1, 0.15) is 5.82 Å². The van der Waals surface area contributed by atoms with E-state index >= 15 is 0 Å². The van der Waals surface area contributed by atoms with E-state index in [-0.39, 0.29) is 5.91 Å². The van der Waals surface area contributed by atoms with Crippen LogP contribution in [0.15, 0.2) is 18.5 Å². The molecule has 2 heterocycles. The number of aromatic nitrogens is 1. The quantitative estimate of drug-likeness (QED) is 0.861. The van der Waals surface area contributed by atoms with Crippen molar-refractivity contribution >= 4 is 5.91 Å². The van der Waals surface area contributed by atoms with Crippen molar-refractivity contribution in [2.45, 2.75) is 13.3 Å². The first kappa shape index (κ1) is 13.0. The van der Waals surface area contributed by atoms with Crippen molar-refractivity contribution < 1.29 is 9.18 Å². The Hall–Kier alpha value is -1.49. The second kappa shape index (κ2) is 5.44. The minimum absolute atomic E-state index is 0.160. The van der Waals surface area contributed by atoms with Gasteiger partial charge in [0.25, 0.3) is 5.91 Å². The molecule has 2 rings (SSSR count). The molecule has 1 aliphatic rings. The maximum Gasteiger partial charge on any atom is 0.255 e. The Morgan fingerprint density at radius 2 is 2.39 bits per heavy atom. The van der Waals surface area contributed by atoms with E-state index in [1.54, 1.807) is 4.90 Å². The Kier molecular flexibility index (Phi) is 3.91. The molecule has 4 nitrogen and oxygen atoms in total. The van der Waals surface area contributed by atoms with E-state index in [1.807, 2.05) is 0 Å². The van der Waals surface area contributed by atoms with Crippen LogP contribution in [-0.2, 0) is 0 Å². The average molecular weight is 251 g/mol. The first-order valence-corrected chi connectivity index (χ1v) is 6.21. The van der Waals surface area contributed by atoms with Gasteiger partial charge in [0.15, 0.2) is 0 Å². The van der Waals surface area contributed by atoms with Crippen molar-refractivity contribution in [3.63, 3.8) is 0 Å². The molecule has 2 N–H and O–H groups in total. The van der Waals surface area contributed by atoms with Gasteiger partial charge in [-0.05, 0) is 30.9 Å². The van der Waals surface area contributed by atoms with Gasteiger partial charge in [0.2, 0.25) is 0 Å². The van der Waals surface area contributed by atoms with E-state index in [0.29, 0.717) is 37.0 Å². The van der Waals surface area contributed by atoms with E-state index in [1.165, 1.54) is 12.3 Å². The minimum Gasteiger partial charge on any atom is -0.338 e.